The quantitative estimate of drug-likeness (QED) is 0.186. The van der Waals surface area contributed by atoms with E-state index in [2.05, 4.69) is 11.8 Å². The van der Waals surface area contributed by atoms with Gasteiger partial charge < -0.3 is 48.8 Å². The van der Waals surface area contributed by atoms with Gasteiger partial charge >= 0.3 is 11.9 Å². The van der Waals surface area contributed by atoms with Gasteiger partial charge in [0, 0.05) is 37.5 Å². The lowest BCUT2D eigenvalue weighted by atomic mass is 9.81. The van der Waals surface area contributed by atoms with Crippen molar-refractivity contribution in [2.75, 3.05) is 40.2 Å². The van der Waals surface area contributed by atoms with Crippen molar-refractivity contribution in [3.05, 3.63) is 47.2 Å². The first-order valence-electron chi connectivity index (χ1n) is 16.5. The summed E-state index contributed by atoms with van der Waals surface area (Å²) in [5.74, 6) is -0.215. The molecule has 9 atom stereocenters. The van der Waals surface area contributed by atoms with Gasteiger partial charge in [-0.15, -0.1) is 0 Å². The summed E-state index contributed by atoms with van der Waals surface area (Å²) >= 11 is 0. The molecule has 3 heterocycles. The van der Waals surface area contributed by atoms with E-state index in [-0.39, 0.29) is 51.2 Å². The highest BCUT2D eigenvalue weighted by Gasteiger charge is 2.56. The van der Waals surface area contributed by atoms with Crippen molar-refractivity contribution in [2.24, 2.45) is 5.92 Å². The third-order valence-corrected chi connectivity index (χ3v) is 10.1. The first-order valence-corrected chi connectivity index (χ1v) is 16.5. The Balaban J connectivity index is 1.17. The predicted octanol–water partition coefficient (Wildman–Crippen LogP) is 1.09. The van der Waals surface area contributed by atoms with Crippen LogP contribution in [0.3, 0.4) is 0 Å². The summed E-state index contributed by atoms with van der Waals surface area (Å²) in [6.07, 6.45) is 2.64. The zero-order valence-corrected chi connectivity index (χ0v) is 26.8. The molecular formula is C34H45NO12. The molecule has 1 aromatic carbocycles. The number of rotatable bonds is 12. The van der Waals surface area contributed by atoms with E-state index in [0.717, 1.165) is 43.5 Å². The molecule has 0 radical (unpaired) electrons. The van der Waals surface area contributed by atoms with E-state index >= 15 is 0 Å². The standard InChI is InChI=1S/C34H45NO12/c1-3-4-9-35-10-7-19-12-23-24(45-18-44-23)14-21(19)28-22(35)15-26(42-2)32(28)46-33(41)34(16-27(37)47-34)8-5-6-11-43-25-13-20(17-36)29(38)31(40)30(25)39/h5-6,12,14-15,20,22,25,28-32,36,38-40H,3-4,7-11,13,16-18H2,1-2H3/b6-5+/t20?,22-,25?,28-,29?,30?,31?,32+,34+/m0/s1. The van der Waals surface area contributed by atoms with Crippen LogP contribution in [0, 0.1) is 5.92 Å². The van der Waals surface area contributed by atoms with Gasteiger partial charge in [0.05, 0.1) is 32.3 Å². The predicted molar refractivity (Wildman–Crippen MR) is 164 cm³/mol. The van der Waals surface area contributed by atoms with Crippen LogP contribution < -0.4 is 9.47 Å². The number of aliphatic hydroxyl groups is 4. The highest BCUT2D eigenvalue weighted by atomic mass is 16.7. The van der Waals surface area contributed by atoms with Gasteiger partial charge in [0.2, 0.25) is 12.4 Å². The summed E-state index contributed by atoms with van der Waals surface area (Å²) in [4.78, 5) is 28.4. The lowest BCUT2D eigenvalue weighted by Crippen LogP contribution is -2.55. The molecular weight excluding hydrogens is 614 g/mol. The van der Waals surface area contributed by atoms with Crippen molar-refractivity contribution in [3.8, 4) is 11.5 Å². The monoisotopic (exact) mass is 659 g/mol. The molecule has 5 aliphatic rings. The Bertz CT molecular complexity index is 1370. The van der Waals surface area contributed by atoms with Gasteiger partial charge in [-0.2, -0.15) is 0 Å². The minimum absolute atomic E-state index is 0.0190. The maximum absolute atomic E-state index is 13.9. The molecule has 1 saturated heterocycles. The molecule has 258 valence electrons. The van der Waals surface area contributed by atoms with Gasteiger partial charge in [-0.3, -0.25) is 9.69 Å². The molecule has 2 aliphatic carbocycles. The van der Waals surface area contributed by atoms with Gasteiger partial charge in [-0.05, 0) is 55.1 Å². The minimum atomic E-state index is -1.51. The van der Waals surface area contributed by atoms with Crippen molar-refractivity contribution in [1.82, 2.24) is 4.90 Å². The molecule has 0 bridgehead atoms. The van der Waals surface area contributed by atoms with Gasteiger partial charge in [-0.25, -0.2) is 4.79 Å². The number of unbranched alkanes of at least 4 members (excludes halogenated alkanes) is 1. The summed E-state index contributed by atoms with van der Waals surface area (Å²) < 4.78 is 34.6. The molecule has 4 N–H and O–H groups in total. The molecule has 5 unspecified atom stereocenters. The SMILES string of the molecule is CCCCN1CCc2cc3c(cc2[C@@H]2[C@H](OC(=O)[C@@]4(C/C=C/COC5CC(CO)C(O)C(O)C5O)CC(=O)O4)C(OC)=C[C@@H]21)OCO3. The first kappa shape index (κ1) is 33.7. The fourth-order valence-corrected chi connectivity index (χ4v) is 7.40. The molecule has 6 rings (SSSR count). The number of carbonyl (C=O) groups is 2. The van der Waals surface area contributed by atoms with Crippen molar-refractivity contribution in [2.45, 2.75) is 93.5 Å². The Hall–Kier alpha value is -3.20. The number of ether oxygens (including phenoxy) is 6. The number of carbonyl (C=O) groups excluding carboxylic acids is 2. The van der Waals surface area contributed by atoms with E-state index in [1.807, 2.05) is 18.2 Å². The van der Waals surface area contributed by atoms with E-state index < -0.39 is 54.0 Å². The Morgan fingerprint density at radius 2 is 1.89 bits per heavy atom. The van der Waals surface area contributed by atoms with Gasteiger partial charge in [-0.1, -0.05) is 25.5 Å². The molecule has 1 aromatic rings. The van der Waals surface area contributed by atoms with E-state index in [9.17, 15) is 30.0 Å². The zero-order chi connectivity index (χ0) is 33.3. The van der Waals surface area contributed by atoms with Crippen molar-refractivity contribution >= 4 is 11.9 Å². The van der Waals surface area contributed by atoms with E-state index in [1.54, 1.807) is 19.3 Å². The minimum Gasteiger partial charge on any atom is -0.497 e. The Kier molecular flexibility index (Phi) is 10.1. The Labute approximate surface area is 273 Å². The first-order chi connectivity index (χ1) is 22.7. The fraction of sp³-hybridized carbons (Fsp3) is 0.647. The number of cyclic esters (lactones) is 1. The molecule has 0 aromatic heterocycles. The van der Waals surface area contributed by atoms with Crippen LogP contribution in [-0.2, 0) is 35.0 Å². The highest BCUT2D eigenvalue weighted by Crippen LogP contribution is 2.48. The lowest BCUT2D eigenvalue weighted by Gasteiger charge is -2.39. The van der Waals surface area contributed by atoms with E-state index in [0.29, 0.717) is 17.3 Å². The number of methoxy groups -OCH3 is 1. The van der Waals surface area contributed by atoms with Crippen LogP contribution in [-0.4, -0.2) is 120 Å². The number of fused-ring (bicyclic) bond motifs is 4. The molecule has 13 nitrogen and oxygen atoms in total. The third-order valence-electron chi connectivity index (χ3n) is 10.1. The third kappa shape index (κ3) is 6.49. The molecule has 13 heteroatoms. The van der Waals surface area contributed by atoms with Crippen LogP contribution >= 0.6 is 0 Å². The number of nitrogens with zero attached hydrogens (tertiary/aromatic N) is 1. The number of hydrogen-bond acceptors (Lipinski definition) is 13. The van der Waals surface area contributed by atoms with Crippen LogP contribution in [0.2, 0.25) is 0 Å². The van der Waals surface area contributed by atoms with Gasteiger partial charge in [0.25, 0.3) is 0 Å². The van der Waals surface area contributed by atoms with Crippen LogP contribution in [0.4, 0.5) is 0 Å². The average Bonchev–Trinajstić information content (AvgIpc) is 3.62. The van der Waals surface area contributed by atoms with Crippen molar-refractivity contribution in [1.29, 1.82) is 0 Å². The maximum Gasteiger partial charge on any atom is 0.352 e. The molecule has 0 spiro atoms. The van der Waals surface area contributed by atoms with Gasteiger partial charge in [0.15, 0.2) is 17.6 Å². The summed E-state index contributed by atoms with van der Waals surface area (Å²) in [5, 5.41) is 39.9. The number of benzene rings is 1. The Morgan fingerprint density at radius 3 is 2.60 bits per heavy atom. The second-order valence-electron chi connectivity index (χ2n) is 13.0. The molecule has 47 heavy (non-hydrogen) atoms. The summed E-state index contributed by atoms with van der Waals surface area (Å²) in [7, 11) is 1.56. The number of esters is 2. The second kappa shape index (κ2) is 14.1. The normalized spacial score (nSPS) is 34.6. The largest absolute Gasteiger partial charge is 0.497 e. The van der Waals surface area contributed by atoms with Crippen molar-refractivity contribution in [3.63, 3.8) is 0 Å². The van der Waals surface area contributed by atoms with Gasteiger partial charge in [0.1, 0.15) is 18.0 Å². The smallest absolute Gasteiger partial charge is 0.352 e. The molecule has 2 fully saturated rings. The van der Waals surface area contributed by atoms with Crippen LogP contribution in [0.1, 0.15) is 56.1 Å². The average molecular weight is 660 g/mol. The van der Waals surface area contributed by atoms with Crippen LogP contribution in [0.15, 0.2) is 36.1 Å². The van der Waals surface area contributed by atoms with Crippen molar-refractivity contribution < 1.29 is 58.4 Å². The summed E-state index contributed by atoms with van der Waals surface area (Å²) in [6.45, 7) is 3.65. The fourth-order valence-electron chi connectivity index (χ4n) is 7.40. The number of aliphatic hydroxyl groups excluding tert-OH is 4. The van der Waals surface area contributed by atoms with E-state index in [1.165, 1.54) is 0 Å². The maximum atomic E-state index is 13.9. The molecule has 1 saturated carbocycles. The highest BCUT2D eigenvalue weighted by molar-refractivity contribution is 5.94. The zero-order valence-electron chi connectivity index (χ0n) is 26.8. The summed E-state index contributed by atoms with van der Waals surface area (Å²) in [6, 6.07) is 3.91. The van der Waals surface area contributed by atoms with Crippen LogP contribution in [0.5, 0.6) is 11.5 Å². The van der Waals surface area contributed by atoms with E-state index in [4.69, 9.17) is 28.4 Å². The number of hydrogen-bond donors (Lipinski definition) is 4. The lowest BCUT2D eigenvalue weighted by molar-refractivity contribution is -0.210. The second-order valence-corrected chi connectivity index (χ2v) is 13.0. The van der Waals surface area contributed by atoms with Crippen LogP contribution in [0.25, 0.3) is 0 Å². The topological polar surface area (TPSA) is 174 Å². The molecule has 3 aliphatic heterocycles. The summed E-state index contributed by atoms with van der Waals surface area (Å²) in [5.41, 5.74) is 0.585. The Morgan fingerprint density at radius 1 is 1.13 bits per heavy atom. The molecule has 0 amide bonds.